The summed E-state index contributed by atoms with van der Waals surface area (Å²) in [5.41, 5.74) is 4.15. The highest BCUT2D eigenvalue weighted by Crippen LogP contribution is 2.27. The van der Waals surface area contributed by atoms with E-state index in [4.69, 9.17) is 0 Å². The molecule has 1 heterocycles. The molecule has 0 aliphatic heterocycles. The van der Waals surface area contributed by atoms with Crippen molar-refractivity contribution in [3.8, 4) is 0 Å². The summed E-state index contributed by atoms with van der Waals surface area (Å²) in [6, 6.07) is 0. The second-order valence-electron chi connectivity index (χ2n) is 9.40. The van der Waals surface area contributed by atoms with Crippen molar-refractivity contribution in [2.45, 2.75) is 136 Å². The van der Waals surface area contributed by atoms with Gasteiger partial charge in [0.1, 0.15) is 5.76 Å². The summed E-state index contributed by atoms with van der Waals surface area (Å²) in [7, 11) is 0. The first-order valence-corrected chi connectivity index (χ1v) is 18.4. The first kappa shape index (κ1) is 52.6. The predicted molar refractivity (Wildman–Crippen MR) is 218 cm³/mol. The van der Waals surface area contributed by atoms with Crippen LogP contribution in [0.25, 0.3) is 23.3 Å². The summed E-state index contributed by atoms with van der Waals surface area (Å²) in [5, 5.41) is 1.11. The molecule has 3 heteroatoms. The molecular formula is C43H73FOS. The van der Waals surface area contributed by atoms with Gasteiger partial charge in [0.05, 0.1) is 0 Å². The van der Waals surface area contributed by atoms with Gasteiger partial charge in [0.25, 0.3) is 0 Å². The molecular weight excluding hydrogens is 584 g/mol. The van der Waals surface area contributed by atoms with Crippen LogP contribution in [-0.4, -0.2) is 0 Å². The van der Waals surface area contributed by atoms with E-state index < -0.39 is 0 Å². The van der Waals surface area contributed by atoms with Crippen LogP contribution >= 0.6 is 11.3 Å². The Morgan fingerprint density at radius 2 is 1.39 bits per heavy atom. The van der Waals surface area contributed by atoms with Crippen LogP contribution in [-0.2, 0) is 4.94 Å². The molecule has 1 atom stereocenters. The number of hydrogen-bond donors (Lipinski definition) is 0. The molecule has 0 saturated carbocycles. The zero-order valence-corrected chi connectivity index (χ0v) is 33.8. The molecule has 0 aromatic carbocycles. The number of rotatable bonds is 12. The standard InChI is InChI=1S/C31H39FOS.2C3H8.3C2H6/c1-9-14-20-28-29(13-5)34-31(26(12-4)22-21-25(8)33-32)30(28)24(7)18-15-19-27(17-11-3)23(6)16-10-2;2*1-3-2;3*1-2/h9,11-15,17-23H,4,7,10,16H2,1-3,5-6,8H3;2*3H2,1-2H3;3*1-2H3/b14-9-,17-11-,18-15+,25-21+,26-22+,27-19+,28-20+,29-13+;;;;;. The minimum atomic E-state index is 0.182. The molecule has 0 amide bonds. The van der Waals surface area contributed by atoms with Crippen LogP contribution in [0.1, 0.15) is 147 Å². The van der Waals surface area contributed by atoms with Gasteiger partial charge in [-0.25, -0.2) is 0 Å². The Bertz CT molecular complexity index is 1160. The fourth-order valence-electron chi connectivity index (χ4n) is 3.56. The van der Waals surface area contributed by atoms with Gasteiger partial charge in [-0.15, -0.1) is 11.3 Å². The number of allylic oxidation sites excluding steroid dienone is 14. The molecule has 0 radical (unpaired) electrons. The third-order valence-electron chi connectivity index (χ3n) is 5.35. The van der Waals surface area contributed by atoms with Gasteiger partial charge in [-0.2, -0.15) is 0 Å². The highest BCUT2D eigenvalue weighted by atomic mass is 32.1. The minimum absolute atomic E-state index is 0.182. The van der Waals surface area contributed by atoms with Gasteiger partial charge in [-0.3, -0.25) is 4.94 Å². The van der Waals surface area contributed by atoms with Crippen LogP contribution in [0.3, 0.4) is 0 Å². The van der Waals surface area contributed by atoms with E-state index in [1.807, 2.05) is 80.5 Å². The van der Waals surface area contributed by atoms with Gasteiger partial charge in [-0.1, -0.05) is 182 Å². The highest BCUT2D eigenvalue weighted by Gasteiger charge is 2.13. The van der Waals surface area contributed by atoms with E-state index in [1.165, 1.54) is 18.4 Å². The quantitative estimate of drug-likeness (QED) is 0.161. The van der Waals surface area contributed by atoms with Gasteiger partial charge in [0.2, 0.25) is 0 Å². The molecule has 0 aliphatic carbocycles. The van der Waals surface area contributed by atoms with E-state index in [2.05, 4.69) is 102 Å². The SMILES string of the molecule is C=C/C(=C\C=C(/C)OF)c1sc(=C/C)/c(=C\C=C/C)c1C(=C)/C=C/C=C(\C=C/C)C(C)CCC.CC.CC.CC.CCC.CCC. The number of hydrogen-bond acceptors (Lipinski definition) is 2. The van der Waals surface area contributed by atoms with E-state index in [0.29, 0.717) is 5.92 Å². The molecule has 0 saturated heterocycles. The fraction of sp³-hybridized carbons (Fsp3) is 0.488. The molecule has 1 unspecified atom stereocenters. The normalized spacial score (nSPS) is 12.8. The zero-order chi connectivity index (χ0) is 36.9. The summed E-state index contributed by atoms with van der Waals surface area (Å²) in [6.07, 6.45) is 28.9. The largest absolute Gasteiger partial charge is 0.299 e. The summed E-state index contributed by atoms with van der Waals surface area (Å²) in [5.74, 6) is 0.681. The van der Waals surface area contributed by atoms with Crippen LogP contribution in [0.2, 0.25) is 0 Å². The zero-order valence-electron chi connectivity index (χ0n) is 32.9. The van der Waals surface area contributed by atoms with E-state index in [-0.39, 0.29) is 5.76 Å². The fourth-order valence-corrected chi connectivity index (χ4v) is 4.79. The third-order valence-corrected chi connectivity index (χ3v) is 6.67. The summed E-state index contributed by atoms with van der Waals surface area (Å²) < 4.78 is 13.7. The second-order valence-corrected chi connectivity index (χ2v) is 10.5. The van der Waals surface area contributed by atoms with Crippen molar-refractivity contribution in [2.75, 3.05) is 0 Å². The lowest BCUT2D eigenvalue weighted by molar-refractivity contribution is -0.0819. The monoisotopic (exact) mass is 657 g/mol. The Hall–Kier alpha value is -2.91. The molecule has 0 N–H and O–H groups in total. The predicted octanol–water partition coefficient (Wildman–Crippen LogP) is 14.7. The van der Waals surface area contributed by atoms with Crippen molar-refractivity contribution in [2.24, 2.45) is 5.92 Å². The van der Waals surface area contributed by atoms with Gasteiger partial charge < -0.3 is 0 Å². The van der Waals surface area contributed by atoms with Crippen LogP contribution in [0.5, 0.6) is 0 Å². The minimum Gasteiger partial charge on any atom is -0.299 e. The molecule has 1 aromatic rings. The lowest BCUT2D eigenvalue weighted by atomic mass is 9.95. The number of thiophene rings is 1. The van der Waals surface area contributed by atoms with E-state index in [9.17, 15) is 4.53 Å². The molecule has 1 rings (SSSR count). The average Bonchev–Trinajstić information content (AvgIpc) is 3.45. The van der Waals surface area contributed by atoms with E-state index in [0.717, 1.165) is 44.2 Å². The summed E-state index contributed by atoms with van der Waals surface area (Å²) in [6.45, 7) is 41.0. The number of halogens is 1. The van der Waals surface area contributed by atoms with Crippen LogP contribution in [0, 0.1) is 5.92 Å². The molecule has 264 valence electrons. The molecule has 46 heavy (non-hydrogen) atoms. The molecule has 1 nitrogen and oxygen atoms in total. The van der Waals surface area contributed by atoms with Gasteiger partial charge >= 0.3 is 0 Å². The van der Waals surface area contributed by atoms with Crippen molar-refractivity contribution in [1.29, 1.82) is 0 Å². The Morgan fingerprint density at radius 1 is 0.848 bits per heavy atom. The Morgan fingerprint density at radius 3 is 1.80 bits per heavy atom. The maximum Gasteiger partial charge on any atom is 0.145 e. The van der Waals surface area contributed by atoms with E-state index in [1.54, 1.807) is 30.4 Å². The first-order valence-electron chi connectivity index (χ1n) is 17.6. The third kappa shape index (κ3) is 24.3. The maximum absolute atomic E-state index is 12.5. The molecule has 0 bridgehead atoms. The summed E-state index contributed by atoms with van der Waals surface area (Å²) in [4.78, 5) is 4.85. The van der Waals surface area contributed by atoms with Crippen molar-refractivity contribution in [3.63, 3.8) is 0 Å². The first-order chi connectivity index (χ1) is 22.2. The maximum atomic E-state index is 12.5. The molecule has 0 aliphatic rings. The Balaban J connectivity index is -0.000000409. The van der Waals surface area contributed by atoms with Gasteiger partial charge in [0, 0.05) is 24.7 Å². The molecule has 0 spiro atoms. The highest BCUT2D eigenvalue weighted by molar-refractivity contribution is 7.11. The Labute approximate surface area is 291 Å². The van der Waals surface area contributed by atoms with Crippen LogP contribution in [0.15, 0.2) is 85.3 Å². The van der Waals surface area contributed by atoms with E-state index >= 15 is 0 Å². The van der Waals surface area contributed by atoms with Crippen molar-refractivity contribution in [1.82, 2.24) is 0 Å². The molecule has 0 fully saturated rings. The van der Waals surface area contributed by atoms with Crippen molar-refractivity contribution >= 4 is 34.6 Å². The second kappa shape index (κ2) is 40.1. The van der Waals surface area contributed by atoms with Gasteiger partial charge in [0.15, 0.2) is 0 Å². The lowest BCUT2D eigenvalue weighted by Gasteiger charge is -2.11. The summed E-state index contributed by atoms with van der Waals surface area (Å²) >= 11 is 1.67. The van der Waals surface area contributed by atoms with Gasteiger partial charge in [-0.05, 0) is 62.8 Å². The average molecular weight is 657 g/mol. The van der Waals surface area contributed by atoms with Crippen molar-refractivity contribution in [3.05, 3.63) is 105 Å². The van der Waals surface area contributed by atoms with Crippen molar-refractivity contribution < 1.29 is 9.47 Å². The van der Waals surface area contributed by atoms with Crippen LogP contribution < -0.4 is 9.75 Å². The Kier molecular flexibility index (Phi) is 45.9. The smallest absolute Gasteiger partial charge is 0.145 e. The lowest BCUT2D eigenvalue weighted by Crippen LogP contribution is -2.20. The van der Waals surface area contributed by atoms with Crippen LogP contribution in [0.4, 0.5) is 4.53 Å². The molecule has 1 aromatic heterocycles. The topological polar surface area (TPSA) is 9.23 Å².